The molecule has 0 unspecified atom stereocenters. The molecular formula is C6H7BrN2O2. The van der Waals surface area contributed by atoms with Gasteiger partial charge >= 0.3 is 0 Å². The zero-order chi connectivity index (χ0) is 7.56. The molecule has 0 aliphatic rings. The van der Waals surface area contributed by atoms with Crippen LogP contribution >= 0.6 is 17.0 Å². The van der Waals surface area contributed by atoms with Crippen LogP contribution in [0.3, 0.4) is 0 Å². The fourth-order valence-electron chi connectivity index (χ4n) is 0.532. The fourth-order valence-corrected chi connectivity index (χ4v) is 0.532. The van der Waals surface area contributed by atoms with Crippen molar-refractivity contribution in [2.45, 2.75) is 0 Å². The molecule has 0 aliphatic carbocycles. The van der Waals surface area contributed by atoms with Crippen LogP contribution in [0, 0.1) is 0 Å². The van der Waals surface area contributed by atoms with Crippen molar-refractivity contribution in [2.75, 3.05) is 0 Å². The predicted molar refractivity (Wildman–Crippen MR) is 44.7 cm³/mol. The molecule has 1 rings (SSSR count). The van der Waals surface area contributed by atoms with E-state index in [0.29, 0.717) is 0 Å². The lowest BCUT2D eigenvalue weighted by atomic mass is 10.3. The minimum absolute atomic E-state index is 0. The minimum Gasteiger partial charge on any atom is -0.493 e. The molecule has 0 bridgehead atoms. The van der Waals surface area contributed by atoms with Crippen molar-refractivity contribution in [3.05, 3.63) is 23.9 Å². The van der Waals surface area contributed by atoms with E-state index in [1.807, 2.05) is 0 Å². The number of nitrogens with zero attached hydrogens (tertiary/aromatic N) is 1. The molecule has 0 atom stereocenters. The molecule has 1 aromatic heterocycles. The van der Waals surface area contributed by atoms with Gasteiger partial charge in [-0.3, -0.25) is 4.79 Å². The number of hydrogen-bond donors (Lipinski definition) is 2. The van der Waals surface area contributed by atoms with Crippen LogP contribution in [0.4, 0.5) is 0 Å². The summed E-state index contributed by atoms with van der Waals surface area (Å²) < 4.78 is 0. The third kappa shape index (κ3) is 2.55. The van der Waals surface area contributed by atoms with Gasteiger partial charge in [-0.2, -0.15) is 0 Å². The average Bonchev–Trinajstić information content (AvgIpc) is 1.88. The van der Waals surface area contributed by atoms with Gasteiger partial charge in [-0.05, 0) is 6.07 Å². The number of carbonyl (C=O) groups excluding carboxylic acids is 1. The molecule has 1 amide bonds. The van der Waals surface area contributed by atoms with Crippen LogP contribution in [-0.2, 0) is 0 Å². The lowest BCUT2D eigenvalue weighted by molar-refractivity contribution is 0.1000. The molecule has 0 saturated carbocycles. The zero-order valence-corrected chi connectivity index (χ0v) is 7.23. The molecule has 3 N–H and O–H groups in total. The maximum absolute atomic E-state index is 10.4. The molecule has 0 aromatic carbocycles. The van der Waals surface area contributed by atoms with Crippen LogP contribution in [0.2, 0.25) is 0 Å². The highest BCUT2D eigenvalue weighted by atomic mass is 79.9. The molecule has 0 aliphatic heterocycles. The first-order chi connectivity index (χ1) is 4.70. The zero-order valence-electron chi connectivity index (χ0n) is 5.52. The van der Waals surface area contributed by atoms with Gasteiger partial charge in [0, 0.05) is 12.3 Å². The smallest absolute Gasteiger partial charge is 0.250 e. The molecule has 60 valence electrons. The van der Waals surface area contributed by atoms with Gasteiger partial charge in [0.15, 0.2) is 0 Å². The third-order valence-corrected chi connectivity index (χ3v) is 1.03. The second-order valence-electron chi connectivity index (χ2n) is 1.77. The number of rotatable bonds is 1. The van der Waals surface area contributed by atoms with E-state index in [9.17, 15) is 4.79 Å². The van der Waals surface area contributed by atoms with Gasteiger partial charge in [0.05, 0.1) is 5.56 Å². The van der Waals surface area contributed by atoms with Crippen LogP contribution in [0.25, 0.3) is 0 Å². The molecule has 11 heavy (non-hydrogen) atoms. The Bertz CT molecular complexity index is 247. The van der Waals surface area contributed by atoms with Crippen LogP contribution in [0.5, 0.6) is 5.88 Å². The summed E-state index contributed by atoms with van der Waals surface area (Å²) in [6.45, 7) is 0. The van der Waals surface area contributed by atoms with Crippen molar-refractivity contribution in [3.63, 3.8) is 0 Å². The van der Waals surface area contributed by atoms with E-state index in [2.05, 4.69) is 4.98 Å². The molecule has 0 saturated heterocycles. The van der Waals surface area contributed by atoms with Crippen molar-refractivity contribution in [1.82, 2.24) is 4.98 Å². The largest absolute Gasteiger partial charge is 0.493 e. The van der Waals surface area contributed by atoms with E-state index in [1.54, 1.807) is 0 Å². The monoisotopic (exact) mass is 218 g/mol. The van der Waals surface area contributed by atoms with Crippen molar-refractivity contribution >= 4 is 22.9 Å². The molecule has 0 fully saturated rings. The Morgan fingerprint density at radius 3 is 2.55 bits per heavy atom. The first-order valence-corrected chi connectivity index (χ1v) is 2.65. The highest BCUT2D eigenvalue weighted by Crippen LogP contribution is 2.03. The highest BCUT2D eigenvalue weighted by Gasteiger charge is 1.98. The Kier molecular flexibility index (Phi) is 3.53. The average molecular weight is 219 g/mol. The van der Waals surface area contributed by atoms with Crippen molar-refractivity contribution in [2.24, 2.45) is 5.73 Å². The number of amides is 1. The Hall–Kier alpha value is -1.10. The third-order valence-electron chi connectivity index (χ3n) is 1.03. The normalized spacial score (nSPS) is 8.36. The topological polar surface area (TPSA) is 76.2 Å². The molecule has 0 spiro atoms. The Morgan fingerprint density at radius 2 is 2.18 bits per heavy atom. The number of aromatic nitrogens is 1. The minimum atomic E-state index is -0.549. The summed E-state index contributed by atoms with van der Waals surface area (Å²) in [5, 5.41) is 8.68. The first-order valence-electron chi connectivity index (χ1n) is 2.65. The highest BCUT2D eigenvalue weighted by molar-refractivity contribution is 8.93. The van der Waals surface area contributed by atoms with Gasteiger partial charge in [0.2, 0.25) is 11.8 Å². The van der Waals surface area contributed by atoms with E-state index in [-0.39, 0.29) is 28.4 Å². The lowest BCUT2D eigenvalue weighted by Gasteiger charge is -1.92. The number of primary amides is 1. The summed E-state index contributed by atoms with van der Waals surface area (Å²) in [6, 6.07) is 2.71. The second kappa shape index (κ2) is 3.92. The molecule has 1 aromatic rings. The number of aromatic hydroxyl groups is 1. The number of carbonyl (C=O) groups is 1. The lowest BCUT2D eigenvalue weighted by Crippen LogP contribution is -2.10. The predicted octanol–water partition coefficient (Wildman–Crippen LogP) is 0.464. The Labute approximate surface area is 73.8 Å². The van der Waals surface area contributed by atoms with E-state index >= 15 is 0 Å². The molecule has 4 nitrogen and oxygen atoms in total. The SMILES string of the molecule is Br.NC(=O)c1ccc(O)nc1. The van der Waals surface area contributed by atoms with Crippen LogP contribution < -0.4 is 5.73 Å². The van der Waals surface area contributed by atoms with Crippen molar-refractivity contribution in [1.29, 1.82) is 0 Å². The van der Waals surface area contributed by atoms with Gasteiger partial charge in [-0.1, -0.05) is 0 Å². The molecule has 0 radical (unpaired) electrons. The van der Waals surface area contributed by atoms with Crippen LogP contribution in [0.1, 0.15) is 10.4 Å². The second-order valence-corrected chi connectivity index (χ2v) is 1.77. The molecule has 1 heterocycles. The van der Waals surface area contributed by atoms with Gasteiger partial charge in [-0.25, -0.2) is 4.98 Å². The molecular weight excluding hydrogens is 212 g/mol. The van der Waals surface area contributed by atoms with E-state index in [1.165, 1.54) is 18.3 Å². The number of hydrogen-bond acceptors (Lipinski definition) is 3. The Balaban J connectivity index is 0.000001000. The quantitative estimate of drug-likeness (QED) is 0.720. The van der Waals surface area contributed by atoms with Crippen LogP contribution in [0.15, 0.2) is 18.3 Å². The number of pyridine rings is 1. The summed E-state index contributed by atoms with van der Waals surface area (Å²) in [5.74, 6) is -0.669. The van der Waals surface area contributed by atoms with Gasteiger partial charge < -0.3 is 10.8 Å². The molecule has 5 heteroatoms. The fraction of sp³-hybridized carbons (Fsp3) is 0. The summed E-state index contributed by atoms with van der Waals surface area (Å²) in [7, 11) is 0. The van der Waals surface area contributed by atoms with Gasteiger partial charge in [0.1, 0.15) is 0 Å². The number of halogens is 1. The summed E-state index contributed by atoms with van der Waals surface area (Å²) in [5.41, 5.74) is 5.19. The number of nitrogens with two attached hydrogens (primary N) is 1. The van der Waals surface area contributed by atoms with E-state index in [0.717, 1.165) is 0 Å². The summed E-state index contributed by atoms with van der Waals surface area (Å²) in [4.78, 5) is 13.9. The van der Waals surface area contributed by atoms with E-state index in [4.69, 9.17) is 10.8 Å². The maximum atomic E-state index is 10.4. The van der Waals surface area contributed by atoms with Crippen molar-refractivity contribution in [3.8, 4) is 5.88 Å². The maximum Gasteiger partial charge on any atom is 0.250 e. The summed E-state index contributed by atoms with van der Waals surface area (Å²) >= 11 is 0. The first kappa shape index (κ1) is 9.90. The van der Waals surface area contributed by atoms with Gasteiger partial charge in [0.25, 0.3) is 0 Å². The summed E-state index contributed by atoms with van der Waals surface area (Å²) in [6.07, 6.45) is 1.22. The van der Waals surface area contributed by atoms with Crippen molar-refractivity contribution < 1.29 is 9.90 Å². The van der Waals surface area contributed by atoms with E-state index < -0.39 is 5.91 Å². The standard InChI is InChI=1S/C6H6N2O2.BrH/c7-6(10)4-1-2-5(9)8-3-4;/h1-3H,(H2,7,10)(H,8,9);1H. The Morgan fingerprint density at radius 1 is 1.55 bits per heavy atom. The van der Waals surface area contributed by atoms with Gasteiger partial charge in [-0.15, -0.1) is 17.0 Å². The van der Waals surface area contributed by atoms with Crippen LogP contribution in [-0.4, -0.2) is 16.0 Å².